The van der Waals surface area contributed by atoms with Crippen LogP contribution in [0.3, 0.4) is 0 Å². The zero-order valence-corrected chi connectivity index (χ0v) is 8.53. The van der Waals surface area contributed by atoms with Gasteiger partial charge in [-0.05, 0) is 25.9 Å². The number of imidazole rings is 1. The summed E-state index contributed by atoms with van der Waals surface area (Å²) >= 11 is 0. The Balaban J connectivity index is 2.54. The van der Waals surface area contributed by atoms with E-state index in [2.05, 4.69) is 10.2 Å². The van der Waals surface area contributed by atoms with Crippen LogP contribution in [-0.4, -0.2) is 21.5 Å². The fourth-order valence-electron chi connectivity index (χ4n) is 1.47. The molecule has 0 amide bonds. The molecule has 2 rings (SSSR count). The molecular weight excluding hydrogens is 196 g/mol. The van der Waals surface area contributed by atoms with Crippen molar-refractivity contribution in [3.63, 3.8) is 0 Å². The van der Waals surface area contributed by atoms with Crippen molar-refractivity contribution in [2.75, 3.05) is 5.23 Å². The van der Waals surface area contributed by atoms with E-state index in [4.69, 9.17) is 0 Å². The van der Waals surface area contributed by atoms with E-state index < -0.39 is 7.05 Å². The largest absolute Gasteiger partial charge is 0.433 e. The van der Waals surface area contributed by atoms with Crippen molar-refractivity contribution in [3.8, 4) is 0 Å². The Hall–Kier alpha value is -1.56. The lowest BCUT2D eigenvalue weighted by atomic mass is 9.89. The smallest absolute Gasteiger partial charge is 0.408 e. The molecule has 0 saturated heterocycles. The third-order valence-electron chi connectivity index (χ3n) is 2.17. The molecular formula is C9H11BFN3O. The Morgan fingerprint density at radius 1 is 1.53 bits per heavy atom. The van der Waals surface area contributed by atoms with Crippen LogP contribution in [0, 0.1) is 12.7 Å². The predicted octanol–water partition coefficient (Wildman–Crippen LogP) is 1.30. The predicted molar refractivity (Wildman–Crippen MR) is 57.3 cm³/mol. The third-order valence-corrected chi connectivity index (χ3v) is 2.17. The molecule has 0 bridgehead atoms. The lowest BCUT2D eigenvalue weighted by Gasteiger charge is -2.02. The summed E-state index contributed by atoms with van der Waals surface area (Å²) in [4.78, 5) is 4.22. The summed E-state index contributed by atoms with van der Waals surface area (Å²) in [7, 11) is -0.682. The number of nitrogens with one attached hydrogen (secondary N) is 1. The maximum Gasteiger partial charge on any atom is 0.408 e. The average Bonchev–Trinajstić information content (AvgIpc) is 2.44. The van der Waals surface area contributed by atoms with Crippen LogP contribution in [0.15, 0.2) is 18.3 Å². The second-order valence-electron chi connectivity index (χ2n) is 3.44. The van der Waals surface area contributed by atoms with Gasteiger partial charge >= 0.3 is 7.05 Å². The summed E-state index contributed by atoms with van der Waals surface area (Å²) in [6, 6.07) is 2.95. The molecule has 0 saturated carbocycles. The molecule has 15 heavy (non-hydrogen) atoms. The molecule has 2 N–H and O–H groups in total. The molecule has 4 nitrogen and oxygen atoms in total. The van der Waals surface area contributed by atoms with Crippen molar-refractivity contribution < 1.29 is 9.41 Å². The topological polar surface area (TPSA) is 49.6 Å². The van der Waals surface area contributed by atoms with Gasteiger partial charge in [-0.25, -0.2) is 9.37 Å². The molecule has 2 aromatic rings. The van der Waals surface area contributed by atoms with Crippen LogP contribution in [0.4, 0.5) is 10.2 Å². The number of hydrogen-bond donors (Lipinski definition) is 2. The number of hydrogen-bond acceptors (Lipinski definition) is 3. The van der Waals surface area contributed by atoms with Crippen molar-refractivity contribution in [1.29, 1.82) is 0 Å². The standard InChI is InChI=1S/C9H11BFN3O/c1-6-9(13-10(2)15)12-8-4-3-7(11)5-14(6)8/h3-5,13,15H,1-2H3. The number of aromatic nitrogens is 2. The Kier molecular flexibility index (Phi) is 2.36. The fraction of sp³-hybridized carbons (Fsp3) is 0.222. The number of aryl methyl sites for hydroxylation is 1. The molecule has 0 aromatic carbocycles. The molecule has 0 aliphatic rings. The van der Waals surface area contributed by atoms with E-state index in [1.54, 1.807) is 17.3 Å². The van der Waals surface area contributed by atoms with Crippen LogP contribution in [0.1, 0.15) is 5.69 Å². The normalized spacial score (nSPS) is 10.7. The van der Waals surface area contributed by atoms with Gasteiger partial charge in [0.25, 0.3) is 0 Å². The van der Waals surface area contributed by atoms with Crippen molar-refractivity contribution in [2.45, 2.75) is 13.7 Å². The monoisotopic (exact) mass is 207 g/mol. The molecule has 0 aliphatic heterocycles. The van der Waals surface area contributed by atoms with E-state index in [1.165, 1.54) is 12.3 Å². The summed E-state index contributed by atoms with van der Waals surface area (Å²) in [6.45, 7) is 3.41. The molecule has 0 aliphatic carbocycles. The summed E-state index contributed by atoms with van der Waals surface area (Å²) in [5, 5.41) is 12.0. The summed E-state index contributed by atoms with van der Waals surface area (Å²) in [6.07, 6.45) is 1.37. The highest BCUT2D eigenvalue weighted by atomic mass is 19.1. The fourth-order valence-corrected chi connectivity index (χ4v) is 1.47. The highest BCUT2D eigenvalue weighted by Gasteiger charge is 2.11. The van der Waals surface area contributed by atoms with Crippen LogP contribution >= 0.6 is 0 Å². The second-order valence-corrected chi connectivity index (χ2v) is 3.44. The van der Waals surface area contributed by atoms with Crippen molar-refractivity contribution in [1.82, 2.24) is 9.38 Å². The zero-order valence-electron chi connectivity index (χ0n) is 8.53. The molecule has 0 spiro atoms. The minimum absolute atomic E-state index is 0.313. The maximum atomic E-state index is 13.0. The lowest BCUT2D eigenvalue weighted by molar-refractivity contribution is 0.586. The van der Waals surface area contributed by atoms with E-state index in [0.717, 1.165) is 5.69 Å². The molecule has 0 fully saturated rings. The number of pyridine rings is 1. The van der Waals surface area contributed by atoms with Gasteiger partial charge in [0.2, 0.25) is 0 Å². The zero-order chi connectivity index (χ0) is 11.0. The first-order valence-electron chi connectivity index (χ1n) is 4.67. The molecule has 0 radical (unpaired) electrons. The Morgan fingerprint density at radius 2 is 2.27 bits per heavy atom. The molecule has 6 heteroatoms. The molecule has 0 unspecified atom stereocenters. The van der Waals surface area contributed by atoms with Gasteiger partial charge in [0, 0.05) is 6.20 Å². The Labute approximate surface area is 86.9 Å². The minimum Gasteiger partial charge on any atom is -0.433 e. The van der Waals surface area contributed by atoms with Crippen LogP contribution in [0.2, 0.25) is 6.82 Å². The number of fused-ring (bicyclic) bond motifs is 1. The van der Waals surface area contributed by atoms with E-state index >= 15 is 0 Å². The average molecular weight is 207 g/mol. The van der Waals surface area contributed by atoms with Gasteiger partial charge in [0.1, 0.15) is 17.3 Å². The van der Waals surface area contributed by atoms with Crippen molar-refractivity contribution in [2.24, 2.45) is 0 Å². The third kappa shape index (κ3) is 1.80. The van der Waals surface area contributed by atoms with Gasteiger partial charge < -0.3 is 10.3 Å². The summed E-state index contributed by atoms with van der Waals surface area (Å²) in [5.41, 5.74) is 1.42. The first-order chi connectivity index (χ1) is 7.08. The summed E-state index contributed by atoms with van der Waals surface area (Å²) in [5.74, 6) is 0.252. The quantitative estimate of drug-likeness (QED) is 0.729. The molecule has 78 valence electrons. The first-order valence-corrected chi connectivity index (χ1v) is 4.67. The maximum absolute atomic E-state index is 13.0. The van der Waals surface area contributed by atoms with Crippen LogP contribution in [0.25, 0.3) is 5.65 Å². The van der Waals surface area contributed by atoms with Gasteiger partial charge in [0.05, 0.1) is 5.69 Å². The minimum atomic E-state index is -0.682. The number of halogens is 1. The van der Waals surface area contributed by atoms with Gasteiger partial charge in [0.15, 0.2) is 0 Å². The van der Waals surface area contributed by atoms with Gasteiger partial charge in [-0.3, -0.25) is 4.40 Å². The Bertz CT molecular complexity index is 497. The van der Waals surface area contributed by atoms with E-state index in [0.29, 0.717) is 11.5 Å². The SMILES string of the molecule is CB(O)Nc1nc2ccc(F)cn2c1C. The Morgan fingerprint density at radius 3 is 2.93 bits per heavy atom. The molecule has 0 atom stereocenters. The first kappa shape index (κ1) is 9.98. The van der Waals surface area contributed by atoms with Gasteiger partial charge in [-0.2, -0.15) is 0 Å². The van der Waals surface area contributed by atoms with E-state index in [9.17, 15) is 9.41 Å². The van der Waals surface area contributed by atoms with Crippen LogP contribution in [0.5, 0.6) is 0 Å². The number of anilines is 1. The van der Waals surface area contributed by atoms with E-state index in [-0.39, 0.29) is 5.82 Å². The van der Waals surface area contributed by atoms with Crippen LogP contribution in [-0.2, 0) is 0 Å². The summed E-state index contributed by atoms with van der Waals surface area (Å²) < 4.78 is 14.6. The molecule has 2 heterocycles. The lowest BCUT2D eigenvalue weighted by Crippen LogP contribution is -2.20. The van der Waals surface area contributed by atoms with E-state index in [1.807, 2.05) is 6.92 Å². The van der Waals surface area contributed by atoms with Crippen molar-refractivity contribution in [3.05, 3.63) is 29.8 Å². The molecule has 2 aromatic heterocycles. The second kappa shape index (κ2) is 3.54. The highest BCUT2D eigenvalue weighted by Crippen LogP contribution is 2.17. The number of rotatable bonds is 2. The van der Waals surface area contributed by atoms with Gasteiger partial charge in [-0.15, -0.1) is 0 Å². The van der Waals surface area contributed by atoms with Gasteiger partial charge in [-0.1, -0.05) is 0 Å². The number of nitrogens with zero attached hydrogens (tertiary/aromatic N) is 2. The van der Waals surface area contributed by atoms with Crippen LogP contribution < -0.4 is 5.23 Å². The highest BCUT2D eigenvalue weighted by molar-refractivity contribution is 6.52. The van der Waals surface area contributed by atoms with Crippen molar-refractivity contribution >= 4 is 18.5 Å².